The minimum absolute atomic E-state index is 0.0234. The van der Waals surface area contributed by atoms with Crippen LogP contribution in [0.4, 0.5) is 0 Å². The molecule has 0 spiro atoms. The molecule has 0 aliphatic rings. The lowest BCUT2D eigenvalue weighted by atomic mass is 10.0. The number of rotatable bonds is 7. The zero-order valence-corrected chi connectivity index (χ0v) is 14.7. The minimum atomic E-state index is -0.0434. The van der Waals surface area contributed by atoms with Gasteiger partial charge in [-0.15, -0.1) is 0 Å². The van der Waals surface area contributed by atoms with Gasteiger partial charge in [-0.05, 0) is 49.2 Å². The van der Waals surface area contributed by atoms with Gasteiger partial charge in [-0.2, -0.15) is 0 Å². The number of pyridine rings is 1. The van der Waals surface area contributed by atoms with E-state index in [0.29, 0.717) is 29.8 Å². The fraction of sp³-hybridized carbons (Fsp3) is 0.316. The SMILES string of the molecule is C[C@@H](c1cccnc1)N(C)C(=O)CCCC(=O)c1ccc(Cl)cc1. The Morgan fingerprint density at radius 3 is 2.50 bits per heavy atom. The Bertz CT molecular complexity index is 686. The quantitative estimate of drug-likeness (QED) is 0.703. The second-order valence-electron chi connectivity index (χ2n) is 5.75. The topological polar surface area (TPSA) is 50.3 Å². The first kappa shape index (κ1) is 18.1. The van der Waals surface area contributed by atoms with Crippen LogP contribution in [0.1, 0.15) is 48.1 Å². The molecule has 5 heteroatoms. The number of Topliss-reactive ketones (excluding diaryl/α,β-unsaturated/α-hetero) is 1. The summed E-state index contributed by atoms with van der Waals surface area (Å²) >= 11 is 5.81. The van der Waals surface area contributed by atoms with Crippen molar-refractivity contribution in [1.82, 2.24) is 9.88 Å². The summed E-state index contributed by atoms with van der Waals surface area (Å²) in [5, 5.41) is 0.604. The number of carbonyl (C=O) groups is 2. The lowest BCUT2D eigenvalue weighted by Crippen LogP contribution is -2.29. The number of benzene rings is 1. The molecular weight excluding hydrogens is 324 g/mol. The molecule has 0 unspecified atom stereocenters. The van der Waals surface area contributed by atoms with E-state index in [-0.39, 0.29) is 17.7 Å². The van der Waals surface area contributed by atoms with E-state index in [1.54, 1.807) is 48.6 Å². The molecule has 0 saturated heterocycles. The maximum absolute atomic E-state index is 12.3. The molecule has 0 aliphatic heterocycles. The molecule has 126 valence electrons. The standard InChI is InChI=1S/C19H21ClN2O2/c1-14(16-5-4-12-21-13-16)22(2)19(24)7-3-6-18(23)15-8-10-17(20)11-9-15/h4-5,8-14H,3,6-7H2,1-2H3/t14-/m0/s1. The van der Waals surface area contributed by atoms with Crippen LogP contribution in [0.5, 0.6) is 0 Å². The van der Waals surface area contributed by atoms with Gasteiger partial charge in [0.25, 0.3) is 0 Å². The predicted octanol–water partition coefficient (Wildman–Crippen LogP) is 4.31. The van der Waals surface area contributed by atoms with E-state index in [2.05, 4.69) is 4.98 Å². The molecule has 0 radical (unpaired) electrons. The van der Waals surface area contributed by atoms with Crippen LogP contribution >= 0.6 is 11.6 Å². The number of hydrogen-bond acceptors (Lipinski definition) is 3. The number of halogens is 1. The largest absolute Gasteiger partial charge is 0.339 e. The molecule has 24 heavy (non-hydrogen) atoms. The highest BCUT2D eigenvalue weighted by Crippen LogP contribution is 2.19. The molecule has 1 heterocycles. The van der Waals surface area contributed by atoms with Crippen molar-refractivity contribution in [3.05, 3.63) is 64.9 Å². The van der Waals surface area contributed by atoms with Crippen LogP contribution in [-0.4, -0.2) is 28.6 Å². The molecule has 1 amide bonds. The van der Waals surface area contributed by atoms with Crippen molar-refractivity contribution in [3.8, 4) is 0 Å². The van der Waals surface area contributed by atoms with E-state index in [9.17, 15) is 9.59 Å². The number of aromatic nitrogens is 1. The summed E-state index contributed by atoms with van der Waals surface area (Å²) in [7, 11) is 1.78. The molecule has 0 N–H and O–H groups in total. The zero-order valence-electron chi connectivity index (χ0n) is 13.9. The van der Waals surface area contributed by atoms with Gasteiger partial charge in [0.2, 0.25) is 5.91 Å². The van der Waals surface area contributed by atoms with Gasteiger partial charge in [0.15, 0.2) is 5.78 Å². The highest BCUT2D eigenvalue weighted by atomic mass is 35.5. The Morgan fingerprint density at radius 2 is 1.88 bits per heavy atom. The van der Waals surface area contributed by atoms with Crippen LogP contribution in [0, 0.1) is 0 Å². The van der Waals surface area contributed by atoms with Crippen molar-refractivity contribution in [1.29, 1.82) is 0 Å². The van der Waals surface area contributed by atoms with E-state index >= 15 is 0 Å². The molecular formula is C19H21ClN2O2. The van der Waals surface area contributed by atoms with Gasteiger partial charge in [-0.3, -0.25) is 14.6 Å². The minimum Gasteiger partial charge on any atom is -0.339 e. The van der Waals surface area contributed by atoms with E-state index in [1.165, 1.54) is 0 Å². The van der Waals surface area contributed by atoms with Crippen LogP contribution < -0.4 is 0 Å². The Kier molecular flexibility index (Phi) is 6.50. The Hall–Kier alpha value is -2.20. The second kappa shape index (κ2) is 8.60. The summed E-state index contributed by atoms with van der Waals surface area (Å²) in [6.07, 6.45) is 4.70. The zero-order chi connectivity index (χ0) is 17.5. The molecule has 1 aromatic heterocycles. The average molecular weight is 345 g/mol. The molecule has 0 aliphatic carbocycles. The first-order valence-corrected chi connectivity index (χ1v) is 8.31. The fourth-order valence-corrected chi connectivity index (χ4v) is 2.55. The first-order valence-electron chi connectivity index (χ1n) is 7.93. The smallest absolute Gasteiger partial charge is 0.222 e. The number of amides is 1. The highest BCUT2D eigenvalue weighted by molar-refractivity contribution is 6.30. The first-order chi connectivity index (χ1) is 11.5. The lowest BCUT2D eigenvalue weighted by molar-refractivity contribution is -0.131. The average Bonchev–Trinajstić information content (AvgIpc) is 2.61. The third-order valence-electron chi connectivity index (χ3n) is 4.10. The summed E-state index contributed by atoms with van der Waals surface area (Å²) in [4.78, 5) is 30.2. The summed E-state index contributed by atoms with van der Waals surface area (Å²) in [6, 6.07) is 10.6. The normalized spacial score (nSPS) is 11.8. The molecule has 0 bridgehead atoms. The summed E-state index contributed by atoms with van der Waals surface area (Å²) in [5.41, 5.74) is 1.62. The monoisotopic (exact) mass is 344 g/mol. The second-order valence-corrected chi connectivity index (χ2v) is 6.19. The molecule has 0 fully saturated rings. The molecule has 1 atom stereocenters. The Labute approximate surface area is 147 Å². The summed E-state index contributed by atoms with van der Waals surface area (Å²) in [6.45, 7) is 1.97. The molecule has 2 rings (SSSR count). The number of carbonyl (C=O) groups excluding carboxylic acids is 2. The van der Waals surface area contributed by atoms with Gasteiger partial charge in [0.05, 0.1) is 6.04 Å². The maximum Gasteiger partial charge on any atom is 0.222 e. The molecule has 0 saturated carbocycles. The van der Waals surface area contributed by atoms with Crippen molar-refractivity contribution in [3.63, 3.8) is 0 Å². The lowest BCUT2D eigenvalue weighted by Gasteiger charge is -2.25. The molecule has 4 nitrogen and oxygen atoms in total. The Morgan fingerprint density at radius 1 is 1.17 bits per heavy atom. The highest BCUT2D eigenvalue weighted by Gasteiger charge is 2.17. The van der Waals surface area contributed by atoms with E-state index in [4.69, 9.17) is 11.6 Å². The van der Waals surface area contributed by atoms with Crippen molar-refractivity contribution in [2.75, 3.05) is 7.05 Å². The fourth-order valence-electron chi connectivity index (χ4n) is 2.42. The van der Waals surface area contributed by atoms with E-state index in [1.807, 2.05) is 19.1 Å². The third kappa shape index (κ3) is 4.90. The number of ketones is 1. The van der Waals surface area contributed by atoms with E-state index in [0.717, 1.165) is 5.56 Å². The van der Waals surface area contributed by atoms with Gasteiger partial charge in [-0.1, -0.05) is 17.7 Å². The predicted molar refractivity (Wildman–Crippen MR) is 95.1 cm³/mol. The van der Waals surface area contributed by atoms with Crippen LogP contribution in [0.25, 0.3) is 0 Å². The summed E-state index contributed by atoms with van der Waals surface area (Å²) < 4.78 is 0. The Balaban J connectivity index is 1.82. The van der Waals surface area contributed by atoms with Crippen molar-refractivity contribution < 1.29 is 9.59 Å². The number of hydrogen-bond donors (Lipinski definition) is 0. The van der Waals surface area contributed by atoms with Gasteiger partial charge in [0, 0.05) is 42.9 Å². The summed E-state index contributed by atoms with van der Waals surface area (Å²) in [5.74, 6) is 0.0534. The van der Waals surface area contributed by atoms with Gasteiger partial charge < -0.3 is 4.90 Å². The van der Waals surface area contributed by atoms with Gasteiger partial charge >= 0.3 is 0 Å². The van der Waals surface area contributed by atoms with Crippen LogP contribution in [0.15, 0.2) is 48.8 Å². The van der Waals surface area contributed by atoms with Crippen molar-refractivity contribution in [2.45, 2.75) is 32.2 Å². The van der Waals surface area contributed by atoms with Crippen molar-refractivity contribution >= 4 is 23.3 Å². The molecule has 2 aromatic rings. The van der Waals surface area contributed by atoms with E-state index < -0.39 is 0 Å². The van der Waals surface area contributed by atoms with Gasteiger partial charge in [-0.25, -0.2) is 0 Å². The maximum atomic E-state index is 12.3. The van der Waals surface area contributed by atoms with Crippen LogP contribution in [0.3, 0.4) is 0 Å². The van der Waals surface area contributed by atoms with Crippen LogP contribution in [-0.2, 0) is 4.79 Å². The van der Waals surface area contributed by atoms with Gasteiger partial charge in [0.1, 0.15) is 0 Å². The number of nitrogens with zero attached hydrogens (tertiary/aromatic N) is 2. The molecule has 1 aromatic carbocycles. The third-order valence-corrected chi connectivity index (χ3v) is 4.35. The van der Waals surface area contributed by atoms with Crippen molar-refractivity contribution in [2.24, 2.45) is 0 Å². The van der Waals surface area contributed by atoms with Crippen LogP contribution in [0.2, 0.25) is 5.02 Å².